The van der Waals surface area contributed by atoms with E-state index >= 15 is 0 Å². The predicted molar refractivity (Wildman–Crippen MR) is 58.0 cm³/mol. The zero-order valence-corrected chi connectivity index (χ0v) is 9.76. The van der Waals surface area contributed by atoms with Crippen molar-refractivity contribution in [1.82, 2.24) is 5.32 Å². The van der Waals surface area contributed by atoms with E-state index in [9.17, 15) is 0 Å². The molecule has 0 spiro atoms. The van der Waals surface area contributed by atoms with Gasteiger partial charge in [-0.15, -0.1) is 0 Å². The maximum absolute atomic E-state index is 8.86. The molecule has 0 rings (SSSR count). The molecule has 0 amide bonds. The van der Waals surface area contributed by atoms with Gasteiger partial charge in [-0.05, 0) is 26.3 Å². The fourth-order valence-electron chi connectivity index (χ4n) is 0.934. The zero-order valence-electron chi connectivity index (χ0n) is 9.76. The summed E-state index contributed by atoms with van der Waals surface area (Å²) in [6.07, 6.45) is 1.82. The summed E-state index contributed by atoms with van der Waals surface area (Å²) in [5.41, 5.74) is -0.447. The van der Waals surface area contributed by atoms with E-state index in [0.717, 1.165) is 19.4 Å². The highest BCUT2D eigenvalue weighted by Crippen LogP contribution is 2.07. The van der Waals surface area contributed by atoms with Crippen LogP contribution in [0.3, 0.4) is 0 Å². The highest BCUT2D eigenvalue weighted by molar-refractivity contribution is 5.02. The van der Waals surface area contributed by atoms with E-state index in [4.69, 9.17) is 10.00 Å². The standard InChI is InChI=1S/C11H22N2O/c1-10(2)5-7-14-8-6-11(3,9-12)13-4/h10,13H,5-8H2,1-4H3. The second kappa shape index (κ2) is 6.80. The molecule has 1 unspecified atom stereocenters. The van der Waals surface area contributed by atoms with Crippen LogP contribution in [0.2, 0.25) is 0 Å². The summed E-state index contributed by atoms with van der Waals surface area (Å²) < 4.78 is 5.45. The van der Waals surface area contributed by atoms with Gasteiger partial charge in [-0.3, -0.25) is 0 Å². The predicted octanol–water partition coefficient (Wildman–Crippen LogP) is 1.94. The van der Waals surface area contributed by atoms with Crippen molar-refractivity contribution < 1.29 is 4.74 Å². The molecule has 0 aromatic heterocycles. The van der Waals surface area contributed by atoms with Crippen LogP contribution in [0.1, 0.15) is 33.6 Å². The molecule has 82 valence electrons. The Hall–Kier alpha value is -0.590. The normalized spacial score (nSPS) is 15.1. The third kappa shape index (κ3) is 5.95. The summed E-state index contributed by atoms with van der Waals surface area (Å²) in [6.45, 7) is 7.69. The van der Waals surface area contributed by atoms with Crippen LogP contribution in [0.4, 0.5) is 0 Å². The summed E-state index contributed by atoms with van der Waals surface area (Å²) in [5.74, 6) is 0.682. The lowest BCUT2D eigenvalue weighted by molar-refractivity contribution is 0.110. The molecule has 3 nitrogen and oxygen atoms in total. The average molecular weight is 198 g/mol. The summed E-state index contributed by atoms with van der Waals surface area (Å²) in [7, 11) is 1.80. The minimum atomic E-state index is -0.447. The number of hydrogen-bond donors (Lipinski definition) is 1. The first-order chi connectivity index (χ1) is 6.54. The summed E-state index contributed by atoms with van der Waals surface area (Å²) >= 11 is 0. The lowest BCUT2D eigenvalue weighted by Crippen LogP contribution is -2.39. The molecule has 1 atom stereocenters. The summed E-state index contributed by atoms with van der Waals surface area (Å²) in [5, 5.41) is 11.8. The van der Waals surface area contributed by atoms with Gasteiger partial charge in [0.05, 0.1) is 6.07 Å². The van der Waals surface area contributed by atoms with Crippen LogP contribution in [-0.2, 0) is 4.74 Å². The molecule has 1 N–H and O–H groups in total. The van der Waals surface area contributed by atoms with Gasteiger partial charge < -0.3 is 10.1 Å². The van der Waals surface area contributed by atoms with Crippen molar-refractivity contribution in [1.29, 1.82) is 5.26 Å². The monoisotopic (exact) mass is 198 g/mol. The smallest absolute Gasteiger partial charge is 0.105 e. The Morgan fingerprint density at radius 3 is 2.50 bits per heavy atom. The molecule has 0 aliphatic rings. The maximum atomic E-state index is 8.86. The number of nitrogens with one attached hydrogen (secondary N) is 1. The topological polar surface area (TPSA) is 45.0 Å². The number of rotatable bonds is 7. The average Bonchev–Trinajstić information content (AvgIpc) is 2.16. The Balaban J connectivity index is 3.49. The Bertz CT molecular complexity index is 186. The first kappa shape index (κ1) is 13.4. The highest BCUT2D eigenvalue weighted by atomic mass is 16.5. The van der Waals surface area contributed by atoms with Gasteiger partial charge >= 0.3 is 0 Å². The summed E-state index contributed by atoms with van der Waals surface area (Å²) in [4.78, 5) is 0. The van der Waals surface area contributed by atoms with Gasteiger partial charge in [0.25, 0.3) is 0 Å². The Labute approximate surface area is 87.4 Å². The molecule has 0 aromatic carbocycles. The van der Waals surface area contributed by atoms with Crippen LogP contribution >= 0.6 is 0 Å². The zero-order chi connectivity index (χ0) is 11.0. The van der Waals surface area contributed by atoms with Crippen molar-refractivity contribution in [3.63, 3.8) is 0 Å². The Kier molecular flexibility index (Phi) is 6.52. The lowest BCUT2D eigenvalue weighted by Gasteiger charge is -2.20. The third-order valence-electron chi connectivity index (χ3n) is 2.38. The van der Waals surface area contributed by atoms with Gasteiger partial charge in [0.15, 0.2) is 0 Å². The Morgan fingerprint density at radius 2 is 2.07 bits per heavy atom. The fourth-order valence-corrected chi connectivity index (χ4v) is 0.934. The molecule has 0 aliphatic heterocycles. The maximum Gasteiger partial charge on any atom is 0.105 e. The number of ether oxygens (including phenoxy) is 1. The molecule has 0 heterocycles. The van der Waals surface area contributed by atoms with Crippen LogP contribution in [0.5, 0.6) is 0 Å². The van der Waals surface area contributed by atoms with Gasteiger partial charge in [-0.2, -0.15) is 5.26 Å². The SMILES string of the molecule is CNC(C)(C#N)CCOCCC(C)C. The number of nitrogens with zero attached hydrogens (tertiary/aromatic N) is 1. The van der Waals surface area contributed by atoms with Crippen molar-refractivity contribution in [3.05, 3.63) is 0 Å². The molecule has 0 fully saturated rings. The first-order valence-corrected chi connectivity index (χ1v) is 5.22. The van der Waals surface area contributed by atoms with Gasteiger partial charge in [-0.25, -0.2) is 0 Å². The van der Waals surface area contributed by atoms with Crippen LogP contribution in [0.25, 0.3) is 0 Å². The van der Waals surface area contributed by atoms with Gasteiger partial charge in [0, 0.05) is 19.6 Å². The van der Waals surface area contributed by atoms with E-state index in [2.05, 4.69) is 25.2 Å². The molecule has 0 bridgehead atoms. The van der Waals surface area contributed by atoms with Crippen molar-refractivity contribution >= 4 is 0 Å². The largest absolute Gasteiger partial charge is 0.381 e. The minimum absolute atomic E-state index is 0.447. The van der Waals surface area contributed by atoms with E-state index in [0.29, 0.717) is 12.5 Å². The van der Waals surface area contributed by atoms with Crippen molar-refractivity contribution in [2.45, 2.75) is 39.2 Å². The second-order valence-corrected chi connectivity index (χ2v) is 4.24. The molecular formula is C11H22N2O. The number of nitriles is 1. The molecule has 14 heavy (non-hydrogen) atoms. The van der Waals surface area contributed by atoms with Crippen molar-refractivity contribution in [2.24, 2.45) is 5.92 Å². The molecular weight excluding hydrogens is 176 g/mol. The van der Waals surface area contributed by atoms with E-state index in [1.54, 1.807) is 7.05 Å². The van der Waals surface area contributed by atoms with Crippen LogP contribution in [-0.4, -0.2) is 25.8 Å². The highest BCUT2D eigenvalue weighted by Gasteiger charge is 2.20. The Morgan fingerprint density at radius 1 is 1.43 bits per heavy atom. The van der Waals surface area contributed by atoms with Crippen molar-refractivity contribution in [2.75, 3.05) is 20.3 Å². The molecule has 0 saturated carbocycles. The molecule has 3 heteroatoms. The second-order valence-electron chi connectivity index (χ2n) is 4.24. The van der Waals surface area contributed by atoms with Gasteiger partial charge in [0.2, 0.25) is 0 Å². The third-order valence-corrected chi connectivity index (χ3v) is 2.38. The van der Waals surface area contributed by atoms with E-state index in [-0.39, 0.29) is 0 Å². The quantitative estimate of drug-likeness (QED) is 0.636. The molecule has 0 saturated heterocycles. The molecule has 0 aromatic rings. The van der Waals surface area contributed by atoms with Crippen molar-refractivity contribution in [3.8, 4) is 6.07 Å². The van der Waals surface area contributed by atoms with Gasteiger partial charge in [-0.1, -0.05) is 13.8 Å². The lowest BCUT2D eigenvalue weighted by atomic mass is 10.0. The summed E-state index contributed by atoms with van der Waals surface area (Å²) in [6, 6.07) is 2.24. The first-order valence-electron chi connectivity index (χ1n) is 5.22. The van der Waals surface area contributed by atoms with E-state index < -0.39 is 5.54 Å². The molecule has 0 radical (unpaired) electrons. The van der Waals surface area contributed by atoms with E-state index in [1.165, 1.54) is 0 Å². The minimum Gasteiger partial charge on any atom is -0.381 e. The van der Waals surface area contributed by atoms with Crippen LogP contribution in [0, 0.1) is 17.2 Å². The van der Waals surface area contributed by atoms with E-state index in [1.807, 2.05) is 6.92 Å². The van der Waals surface area contributed by atoms with Crippen LogP contribution in [0.15, 0.2) is 0 Å². The number of hydrogen-bond acceptors (Lipinski definition) is 3. The molecule has 0 aliphatic carbocycles. The fraction of sp³-hybridized carbons (Fsp3) is 0.909. The van der Waals surface area contributed by atoms with Gasteiger partial charge in [0.1, 0.15) is 5.54 Å². The van der Waals surface area contributed by atoms with Crippen LogP contribution < -0.4 is 5.32 Å².